The highest BCUT2D eigenvalue weighted by Crippen LogP contribution is 2.21. The van der Waals surface area contributed by atoms with Crippen molar-refractivity contribution in [2.75, 3.05) is 6.54 Å². The second kappa shape index (κ2) is 6.07. The second-order valence-corrected chi connectivity index (χ2v) is 5.03. The van der Waals surface area contributed by atoms with E-state index in [1.165, 1.54) is 30.5 Å². The van der Waals surface area contributed by atoms with Gasteiger partial charge in [0.15, 0.2) is 0 Å². The third kappa shape index (κ3) is 2.69. The van der Waals surface area contributed by atoms with Crippen molar-refractivity contribution in [3.63, 3.8) is 0 Å². The van der Waals surface area contributed by atoms with Crippen LogP contribution in [-0.4, -0.2) is 39.2 Å². The molecule has 0 N–H and O–H groups in total. The molecule has 1 aromatic carbocycles. The molecule has 0 saturated carbocycles. The fourth-order valence-corrected chi connectivity index (χ4v) is 2.28. The summed E-state index contributed by atoms with van der Waals surface area (Å²) in [4.78, 5) is 41.4. The van der Waals surface area contributed by atoms with Crippen molar-refractivity contribution >= 4 is 17.8 Å². The summed E-state index contributed by atoms with van der Waals surface area (Å²) < 4.78 is 18.5. The number of rotatable bonds is 5. The standard InChI is InChI=1S/C16H12FN3O4/c1-2-6-19-14(21)15(22)20(16(19)23)8-12-9-24-13(18-12)10-4-3-5-11(17)7-10/h2-5,7,9H,1,6,8H2. The first kappa shape index (κ1) is 15.6. The molecule has 0 radical (unpaired) electrons. The van der Waals surface area contributed by atoms with Gasteiger partial charge in [-0.2, -0.15) is 0 Å². The lowest BCUT2D eigenvalue weighted by Crippen LogP contribution is -2.33. The van der Waals surface area contributed by atoms with Crippen molar-refractivity contribution in [1.82, 2.24) is 14.8 Å². The van der Waals surface area contributed by atoms with E-state index >= 15 is 0 Å². The highest BCUT2D eigenvalue weighted by Gasteiger charge is 2.44. The van der Waals surface area contributed by atoms with Crippen molar-refractivity contribution < 1.29 is 23.2 Å². The number of urea groups is 1. The fourth-order valence-electron chi connectivity index (χ4n) is 2.28. The minimum Gasteiger partial charge on any atom is -0.444 e. The van der Waals surface area contributed by atoms with Crippen LogP contribution in [0.25, 0.3) is 11.5 Å². The van der Waals surface area contributed by atoms with Gasteiger partial charge >= 0.3 is 17.8 Å². The number of hydrogen-bond donors (Lipinski definition) is 0. The zero-order valence-corrected chi connectivity index (χ0v) is 12.4. The summed E-state index contributed by atoms with van der Waals surface area (Å²) in [6, 6.07) is 4.92. The van der Waals surface area contributed by atoms with Crippen molar-refractivity contribution in [2.45, 2.75) is 6.54 Å². The molecule has 0 atom stereocenters. The summed E-state index contributed by atoms with van der Waals surface area (Å²) in [5.41, 5.74) is 0.689. The largest absolute Gasteiger partial charge is 0.444 e. The Morgan fingerprint density at radius 3 is 2.67 bits per heavy atom. The number of carbonyl (C=O) groups excluding carboxylic acids is 3. The molecule has 2 heterocycles. The molecular formula is C16H12FN3O4. The smallest absolute Gasteiger partial charge is 0.334 e. The second-order valence-electron chi connectivity index (χ2n) is 5.03. The SMILES string of the molecule is C=CCN1C(=O)C(=O)N(Cc2coc(-c3cccc(F)c3)n2)C1=O. The molecule has 2 aromatic rings. The molecule has 1 saturated heterocycles. The van der Waals surface area contributed by atoms with Gasteiger partial charge in [0.25, 0.3) is 0 Å². The molecule has 0 spiro atoms. The number of oxazole rings is 1. The predicted molar refractivity (Wildman–Crippen MR) is 79.8 cm³/mol. The van der Waals surface area contributed by atoms with E-state index < -0.39 is 23.7 Å². The van der Waals surface area contributed by atoms with Gasteiger partial charge in [0.2, 0.25) is 5.89 Å². The lowest BCUT2D eigenvalue weighted by molar-refractivity contribution is -0.143. The van der Waals surface area contributed by atoms with E-state index in [0.717, 1.165) is 9.80 Å². The summed E-state index contributed by atoms with van der Waals surface area (Å²) in [5.74, 6) is -2.13. The zero-order valence-electron chi connectivity index (χ0n) is 12.4. The number of hydrogen-bond acceptors (Lipinski definition) is 5. The van der Waals surface area contributed by atoms with Crippen LogP contribution in [0.3, 0.4) is 0 Å². The molecule has 4 amide bonds. The van der Waals surface area contributed by atoms with Gasteiger partial charge in [0, 0.05) is 12.1 Å². The number of aromatic nitrogens is 1. The Bertz CT molecular complexity index is 845. The lowest BCUT2D eigenvalue weighted by Gasteiger charge is -2.12. The number of imide groups is 2. The van der Waals surface area contributed by atoms with E-state index in [9.17, 15) is 18.8 Å². The monoisotopic (exact) mass is 329 g/mol. The first-order chi connectivity index (χ1) is 11.5. The Kier molecular flexibility index (Phi) is 3.95. The van der Waals surface area contributed by atoms with Gasteiger partial charge < -0.3 is 4.42 Å². The topological polar surface area (TPSA) is 83.7 Å². The third-order valence-corrected chi connectivity index (χ3v) is 3.39. The first-order valence-electron chi connectivity index (χ1n) is 7.00. The van der Waals surface area contributed by atoms with Crippen molar-refractivity contribution in [3.05, 3.63) is 54.7 Å². The summed E-state index contributed by atoms with van der Waals surface area (Å²) >= 11 is 0. The molecule has 7 nitrogen and oxygen atoms in total. The van der Waals surface area contributed by atoms with Crippen LogP contribution in [0.4, 0.5) is 9.18 Å². The average Bonchev–Trinajstić information content (AvgIpc) is 3.11. The van der Waals surface area contributed by atoms with Crippen molar-refractivity contribution in [2.24, 2.45) is 0 Å². The molecule has 1 aromatic heterocycles. The Labute approximate surface area is 136 Å². The van der Waals surface area contributed by atoms with Gasteiger partial charge in [-0.3, -0.25) is 14.5 Å². The van der Waals surface area contributed by atoms with Crippen LogP contribution in [0.2, 0.25) is 0 Å². The van der Waals surface area contributed by atoms with Crippen LogP contribution < -0.4 is 0 Å². The molecule has 3 rings (SSSR count). The van der Waals surface area contributed by atoms with E-state index in [1.807, 2.05) is 0 Å². The number of amides is 4. The predicted octanol–water partition coefficient (Wildman–Crippen LogP) is 1.96. The summed E-state index contributed by atoms with van der Waals surface area (Å²) in [7, 11) is 0. The molecule has 24 heavy (non-hydrogen) atoms. The highest BCUT2D eigenvalue weighted by molar-refractivity contribution is 6.44. The van der Waals surface area contributed by atoms with Gasteiger partial charge in [-0.05, 0) is 18.2 Å². The van der Waals surface area contributed by atoms with Crippen LogP contribution in [0.1, 0.15) is 5.69 Å². The molecule has 0 bridgehead atoms. The zero-order chi connectivity index (χ0) is 17.3. The summed E-state index contributed by atoms with van der Waals surface area (Å²) in [6.07, 6.45) is 2.60. The van der Waals surface area contributed by atoms with Crippen LogP contribution in [-0.2, 0) is 16.1 Å². The molecule has 0 aliphatic carbocycles. The minimum absolute atomic E-state index is 0.0483. The molecule has 1 fully saturated rings. The maximum absolute atomic E-state index is 13.2. The first-order valence-corrected chi connectivity index (χ1v) is 7.00. The number of carbonyl (C=O) groups is 3. The van der Waals surface area contributed by atoms with Crippen molar-refractivity contribution in [3.8, 4) is 11.5 Å². The molecule has 122 valence electrons. The van der Waals surface area contributed by atoms with Crippen molar-refractivity contribution in [1.29, 1.82) is 0 Å². The number of nitrogens with zero attached hydrogens (tertiary/aromatic N) is 3. The molecule has 0 unspecified atom stereocenters. The van der Waals surface area contributed by atoms with Crippen LogP contribution in [0.15, 0.2) is 47.6 Å². The van der Waals surface area contributed by atoms with E-state index in [4.69, 9.17) is 4.42 Å². The number of benzene rings is 1. The minimum atomic E-state index is -0.933. The molecule has 1 aliphatic rings. The molecule has 8 heteroatoms. The summed E-state index contributed by atoms with van der Waals surface area (Å²) in [5, 5.41) is 0. The van der Waals surface area contributed by atoms with Gasteiger partial charge in [0.1, 0.15) is 12.1 Å². The Morgan fingerprint density at radius 1 is 1.21 bits per heavy atom. The van der Waals surface area contributed by atoms with E-state index in [1.54, 1.807) is 6.07 Å². The lowest BCUT2D eigenvalue weighted by atomic mass is 10.2. The Hall–Kier alpha value is -3.29. The normalized spacial score (nSPS) is 14.6. The fraction of sp³-hybridized carbons (Fsp3) is 0.125. The van der Waals surface area contributed by atoms with Gasteiger partial charge in [-0.1, -0.05) is 12.1 Å². The third-order valence-electron chi connectivity index (χ3n) is 3.39. The Balaban J connectivity index is 1.80. The quantitative estimate of drug-likeness (QED) is 0.476. The van der Waals surface area contributed by atoms with Crippen LogP contribution in [0.5, 0.6) is 0 Å². The van der Waals surface area contributed by atoms with Crippen LogP contribution >= 0.6 is 0 Å². The van der Waals surface area contributed by atoms with E-state index in [2.05, 4.69) is 11.6 Å². The van der Waals surface area contributed by atoms with Crippen LogP contribution in [0, 0.1) is 5.82 Å². The van der Waals surface area contributed by atoms with Gasteiger partial charge in [0.05, 0.1) is 12.2 Å². The summed E-state index contributed by atoms with van der Waals surface area (Å²) in [6.45, 7) is 3.18. The average molecular weight is 329 g/mol. The van der Waals surface area contributed by atoms with E-state index in [0.29, 0.717) is 5.56 Å². The van der Waals surface area contributed by atoms with Gasteiger partial charge in [-0.15, -0.1) is 6.58 Å². The number of halogens is 1. The maximum Gasteiger partial charge on any atom is 0.334 e. The Morgan fingerprint density at radius 2 is 1.96 bits per heavy atom. The molecular weight excluding hydrogens is 317 g/mol. The molecule has 1 aliphatic heterocycles. The van der Waals surface area contributed by atoms with Gasteiger partial charge in [-0.25, -0.2) is 19.1 Å². The van der Waals surface area contributed by atoms with E-state index in [-0.39, 0.29) is 24.7 Å². The maximum atomic E-state index is 13.2. The highest BCUT2D eigenvalue weighted by atomic mass is 19.1.